The van der Waals surface area contributed by atoms with E-state index in [1.807, 2.05) is 0 Å². The highest BCUT2D eigenvalue weighted by Crippen LogP contribution is 2.20. The van der Waals surface area contributed by atoms with Crippen LogP contribution >= 0.6 is 0 Å². The van der Waals surface area contributed by atoms with Crippen molar-refractivity contribution in [3.05, 3.63) is 18.2 Å². The second kappa shape index (κ2) is 7.71. The molecule has 8 nitrogen and oxygen atoms in total. The summed E-state index contributed by atoms with van der Waals surface area (Å²) < 4.78 is 27.3. The number of aromatic nitrogens is 3. The molecule has 1 aromatic heterocycles. The molecule has 0 unspecified atom stereocenters. The Labute approximate surface area is 153 Å². The van der Waals surface area contributed by atoms with Crippen molar-refractivity contribution in [1.82, 2.24) is 24.6 Å². The van der Waals surface area contributed by atoms with Gasteiger partial charge in [0.25, 0.3) is 0 Å². The summed E-state index contributed by atoms with van der Waals surface area (Å²) in [5, 5.41) is 11.2. The van der Waals surface area contributed by atoms with Gasteiger partial charge in [-0.05, 0) is 37.5 Å². The van der Waals surface area contributed by atoms with Gasteiger partial charge in [-0.25, -0.2) is 17.4 Å². The standard InChI is InChI=1S/C17H25N5O3S/c1-21(2)26(24,25)14-9-10-16-15(12-14)19-20-22(16)11-5-8-17(23)18-13-6-3-4-7-13/h9-10,12-13H,3-8,11H2,1-2H3,(H,18,23). The molecule has 1 N–H and O–H groups in total. The van der Waals surface area contributed by atoms with Gasteiger partial charge < -0.3 is 5.32 Å². The number of nitrogens with zero attached hydrogens (tertiary/aromatic N) is 4. The van der Waals surface area contributed by atoms with Crippen LogP contribution < -0.4 is 5.32 Å². The first-order valence-corrected chi connectivity index (χ1v) is 10.4. The lowest BCUT2D eigenvalue weighted by Crippen LogP contribution is -2.32. The minimum atomic E-state index is -3.50. The monoisotopic (exact) mass is 379 g/mol. The van der Waals surface area contributed by atoms with Crippen LogP contribution in [0.4, 0.5) is 0 Å². The van der Waals surface area contributed by atoms with Crippen molar-refractivity contribution in [3.8, 4) is 0 Å². The van der Waals surface area contributed by atoms with Crippen LogP contribution in [-0.4, -0.2) is 53.8 Å². The normalized spacial score (nSPS) is 15.8. The maximum atomic E-state index is 12.2. The smallest absolute Gasteiger partial charge is 0.242 e. The number of sulfonamides is 1. The lowest BCUT2D eigenvalue weighted by atomic mass is 10.2. The summed E-state index contributed by atoms with van der Waals surface area (Å²) in [6.07, 6.45) is 5.66. The summed E-state index contributed by atoms with van der Waals surface area (Å²) >= 11 is 0. The average Bonchev–Trinajstić information content (AvgIpc) is 3.24. The van der Waals surface area contributed by atoms with Crippen molar-refractivity contribution >= 4 is 27.0 Å². The molecule has 1 amide bonds. The Hall–Kier alpha value is -2.00. The van der Waals surface area contributed by atoms with E-state index in [2.05, 4.69) is 15.6 Å². The van der Waals surface area contributed by atoms with Crippen LogP contribution in [0.5, 0.6) is 0 Å². The molecule has 9 heteroatoms. The minimum absolute atomic E-state index is 0.0840. The number of hydrogen-bond acceptors (Lipinski definition) is 5. The highest BCUT2D eigenvalue weighted by molar-refractivity contribution is 7.89. The van der Waals surface area contributed by atoms with Crippen molar-refractivity contribution in [2.45, 2.75) is 56.0 Å². The lowest BCUT2D eigenvalue weighted by molar-refractivity contribution is -0.121. The topological polar surface area (TPSA) is 97.2 Å². The van der Waals surface area contributed by atoms with E-state index < -0.39 is 10.0 Å². The second-order valence-corrected chi connectivity index (χ2v) is 9.05. The fourth-order valence-corrected chi connectivity index (χ4v) is 4.17. The number of carbonyl (C=O) groups is 1. The highest BCUT2D eigenvalue weighted by Gasteiger charge is 2.19. The molecule has 1 heterocycles. The number of rotatable bonds is 7. The fraction of sp³-hybridized carbons (Fsp3) is 0.588. The number of amides is 1. The van der Waals surface area contributed by atoms with Crippen molar-refractivity contribution in [1.29, 1.82) is 0 Å². The minimum Gasteiger partial charge on any atom is -0.353 e. The maximum Gasteiger partial charge on any atom is 0.242 e. The Bertz CT molecular complexity index is 885. The summed E-state index contributed by atoms with van der Waals surface area (Å²) in [4.78, 5) is 12.2. The summed E-state index contributed by atoms with van der Waals surface area (Å²) in [6.45, 7) is 0.564. The summed E-state index contributed by atoms with van der Waals surface area (Å²) in [6, 6.07) is 5.14. The number of carbonyl (C=O) groups excluding carboxylic acids is 1. The molecule has 1 saturated carbocycles. The zero-order chi connectivity index (χ0) is 18.7. The number of hydrogen-bond donors (Lipinski definition) is 1. The van der Waals surface area contributed by atoms with Gasteiger partial charge in [0, 0.05) is 33.1 Å². The van der Waals surface area contributed by atoms with Gasteiger partial charge in [0.2, 0.25) is 15.9 Å². The van der Waals surface area contributed by atoms with Crippen LogP contribution in [-0.2, 0) is 21.4 Å². The summed E-state index contributed by atoms with van der Waals surface area (Å²) in [5.41, 5.74) is 1.29. The first-order chi connectivity index (χ1) is 12.4. The van der Waals surface area contributed by atoms with Crippen molar-refractivity contribution < 1.29 is 13.2 Å². The van der Waals surface area contributed by atoms with E-state index in [1.54, 1.807) is 16.8 Å². The molecule has 0 atom stereocenters. The molecule has 0 bridgehead atoms. The van der Waals surface area contributed by atoms with Gasteiger partial charge >= 0.3 is 0 Å². The van der Waals surface area contributed by atoms with Gasteiger partial charge in [-0.1, -0.05) is 18.1 Å². The van der Waals surface area contributed by atoms with Crippen LogP contribution in [0.3, 0.4) is 0 Å². The Morgan fingerprint density at radius 3 is 2.73 bits per heavy atom. The summed E-state index contributed by atoms with van der Waals surface area (Å²) in [5.74, 6) is 0.0840. The molecule has 26 heavy (non-hydrogen) atoms. The highest BCUT2D eigenvalue weighted by atomic mass is 32.2. The first kappa shape index (κ1) is 18.8. The Morgan fingerprint density at radius 1 is 1.31 bits per heavy atom. The van der Waals surface area contributed by atoms with E-state index in [-0.39, 0.29) is 10.8 Å². The molecule has 0 radical (unpaired) electrons. The van der Waals surface area contributed by atoms with Gasteiger partial charge in [0.05, 0.1) is 10.4 Å². The number of nitrogens with one attached hydrogen (secondary N) is 1. The molecular weight excluding hydrogens is 354 g/mol. The van der Waals surface area contributed by atoms with E-state index in [1.165, 1.54) is 37.3 Å². The average molecular weight is 379 g/mol. The van der Waals surface area contributed by atoms with E-state index >= 15 is 0 Å². The van der Waals surface area contributed by atoms with Gasteiger partial charge in [-0.3, -0.25) is 4.79 Å². The molecule has 1 aliphatic carbocycles. The Kier molecular flexibility index (Phi) is 5.57. The zero-order valence-corrected chi connectivity index (χ0v) is 16.0. The van der Waals surface area contributed by atoms with Crippen LogP contribution in [0.15, 0.2) is 23.1 Å². The number of aryl methyl sites for hydroxylation is 1. The van der Waals surface area contributed by atoms with Crippen molar-refractivity contribution in [2.24, 2.45) is 0 Å². The zero-order valence-electron chi connectivity index (χ0n) is 15.2. The van der Waals surface area contributed by atoms with Crippen LogP contribution in [0, 0.1) is 0 Å². The number of fused-ring (bicyclic) bond motifs is 1. The first-order valence-electron chi connectivity index (χ1n) is 8.93. The molecular formula is C17H25N5O3S. The van der Waals surface area contributed by atoms with Crippen LogP contribution in [0.2, 0.25) is 0 Å². The third-order valence-electron chi connectivity index (χ3n) is 4.76. The second-order valence-electron chi connectivity index (χ2n) is 6.90. The fourth-order valence-electron chi connectivity index (χ4n) is 3.25. The van der Waals surface area contributed by atoms with Gasteiger partial charge in [-0.15, -0.1) is 5.10 Å². The largest absolute Gasteiger partial charge is 0.353 e. The quantitative estimate of drug-likeness (QED) is 0.787. The van der Waals surface area contributed by atoms with E-state index in [9.17, 15) is 13.2 Å². The predicted molar refractivity (Wildman–Crippen MR) is 98.0 cm³/mol. The van der Waals surface area contributed by atoms with Gasteiger partial charge in [0.1, 0.15) is 5.52 Å². The van der Waals surface area contributed by atoms with Crippen molar-refractivity contribution in [2.75, 3.05) is 14.1 Å². The lowest BCUT2D eigenvalue weighted by Gasteiger charge is -2.12. The Balaban J connectivity index is 1.61. The van der Waals surface area contributed by atoms with Crippen molar-refractivity contribution in [3.63, 3.8) is 0 Å². The number of benzene rings is 1. The SMILES string of the molecule is CN(C)S(=O)(=O)c1ccc2c(c1)nnn2CCCC(=O)NC1CCCC1. The molecule has 1 aliphatic rings. The third kappa shape index (κ3) is 4.04. The maximum absolute atomic E-state index is 12.2. The van der Waals surface area contributed by atoms with Crippen LogP contribution in [0.25, 0.3) is 11.0 Å². The molecule has 0 saturated heterocycles. The molecule has 1 fully saturated rings. The van der Waals surface area contributed by atoms with E-state index in [0.29, 0.717) is 30.9 Å². The van der Waals surface area contributed by atoms with Gasteiger partial charge in [-0.2, -0.15) is 0 Å². The van der Waals surface area contributed by atoms with E-state index in [0.717, 1.165) is 18.4 Å². The molecule has 1 aromatic carbocycles. The molecule has 0 spiro atoms. The molecule has 142 valence electrons. The molecule has 0 aliphatic heterocycles. The Morgan fingerprint density at radius 2 is 2.04 bits per heavy atom. The molecule has 3 rings (SSSR count). The molecule has 2 aromatic rings. The van der Waals surface area contributed by atoms with E-state index in [4.69, 9.17) is 0 Å². The summed E-state index contributed by atoms with van der Waals surface area (Å²) in [7, 11) is -0.509. The van der Waals surface area contributed by atoms with Crippen LogP contribution in [0.1, 0.15) is 38.5 Å². The van der Waals surface area contributed by atoms with Gasteiger partial charge in [0.15, 0.2) is 0 Å². The predicted octanol–water partition coefficient (Wildman–Crippen LogP) is 1.52. The third-order valence-corrected chi connectivity index (χ3v) is 6.57.